The van der Waals surface area contributed by atoms with Crippen LogP contribution in [0.4, 0.5) is 16.2 Å². The van der Waals surface area contributed by atoms with Crippen molar-refractivity contribution < 1.29 is 19.1 Å². The minimum Gasteiger partial charge on any atom is -0.465 e. The third kappa shape index (κ3) is 5.90. The molecule has 0 aliphatic rings. The van der Waals surface area contributed by atoms with Crippen molar-refractivity contribution in [3.05, 3.63) is 23.8 Å². The van der Waals surface area contributed by atoms with Crippen molar-refractivity contribution in [2.24, 2.45) is 0 Å². The predicted molar refractivity (Wildman–Crippen MR) is 84.9 cm³/mol. The van der Waals surface area contributed by atoms with E-state index in [2.05, 4.69) is 15.4 Å². The van der Waals surface area contributed by atoms with E-state index in [1.807, 2.05) is 0 Å². The Labute approximate surface area is 130 Å². The number of ether oxygens (including phenoxy) is 2. The number of nitrogens with two attached hydrogens (primary N) is 1. The summed E-state index contributed by atoms with van der Waals surface area (Å²) in [6.45, 7) is 6.18. The Bertz CT molecular complexity index is 538. The van der Waals surface area contributed by atoms with Gasteiger partial charge < -0.3 is 25.8 Å². The van der Waals surface area contributed by atoms with Crippen LogP contribution in [0.25, 0.3) is 0 Å². The van der Waals surface area contributed by atoms with Crippen LogP contribution in [0.2, 0.25) is 0 Å². The molecular weight excluding hydrogens is 286 g/mol. The summed E-state index contributed by atoms with van der Waals surface area (Å²) in [6, 6.07) is 4.82. The Balaban J connectivity index is 2.48. The van der Waals surface area contributed by atoms with E-state index in [0.29, 0.717) is 30.0 Å². The zero-order chi connectivity index (χ0) is 16.8. The van der Waals surface area contributed by atoms with Gasteiger partial charge in [-0.3, -0.25) is 0 Å². The van der Waals surface area contributed by atoms with E-state index in [1.165, 1.54) is 7.11 Å². The van der Waals surface area contributed by atoms with Crippen LogP contribution >= 0.6 is 0 Å². The number of nitrogens with one attached hydrogen (secondary N) is 2. The standard InChI is InChI=1S/C15H23N3O4/c1-15(2,3)22-14(20)18-8-7-17-12-9-10(13(19)21-4)5-6-11(12)16/h5-6,9,17H,7-8,16H2,1-4H3,(H,18,20). The largest absolute Gasteiger partial charge is 0.465 e. The third-order valence-corrected chi connectivity index (χ3v) is 2.58. The number of benzene rings is 1. The van der Waals surface area contributed by atoms with Crippen LogP contribution in [0.5, 0.6) is 0 Å². The lowest BCUT2D eigenvalue weighted by atomic mass is 10.1. The van der Waals surface area contributed by atoms with Crippen molar-refractivity contribution in [1.82, 2.24) is 5.32 Å². The molecule has 0 saturated heterocycles. The molecule has 22 heavy (non-hydrogen) atoms. The Hall–Kier alpha value is -2.44. The average molecular weight is 309 g/mol. The second-order valence-electron chi connectivity index (χ2n) is 5.65. The molecule has 122 valence electrons. The highest BCUT2D eigenvalue weighted by atomic mass is 16.6. The fourth-order valence-electron chi connectivity index (χ4n) is 1.63. The van der Waals surface area contributed by atoms with E-state index in [-0.39, 0.29) is 0 Å². The molecule has 0 atom stereocenters. The number of rotatable bonds is 5. The zero-order valence-corrected chi connectivity index (χ0v) is 13.4. The van der Waals surface area contributed by atoms with Gasteiger partial charge in [0.05, 0.1) is 24.0 Å². The van der Waals surface area contributed by atoms with Gasteiger partial charge >= 0.3 is 12.1 Å². The van der Waals surface area contributed by atoms with Crippen molar-refractivity contribution in [3.8, 4) is 0 Å². The maximum Gasteiger partial charge on any atom is 0.407 e. The SMILES string of the molecule is COC(=O)c1ccc(N)c(NCCNC(=O)OC(C)(C)C)c1. The summed E-state index contributed by atoms with van der Waals surface area (Å²) in [6.07, 6.45) is -0.481. The van der Waals surface area contributed by atoms with E-state index < -0.39 is 17.7 Å². The minimum absolute atomic E-state index is 0.358. The first-order valence-corrected chi connectivity index (χ1v) is 6.91. The van der Waals surface area contributed by atoms with E-state index in [1.54, 1.807) is 39.0 Å². The molecule has 7 nitrogen and oxygen atoms in total. The van der Waals surface area contributed by atoms with Gasteiger partial charge in [0, 0.05) is 13.1 Å². The number of carbonyl (C=O) groups excluding carboxylic acids is 2. The van der Waals surface area contributed by atoms with Crippen molar-refractivity contribution in [1.29, 1.82) is 0 Å². The number of carbonyl (C=O) groups is 2. The molecular formula is C15H23N3O4. The van der Waals surface area contributed by atoms with Crippen molar-refractivity contribution >= 4 is 23.4 Å². The minimum atomic E-state index is -0.531. The Kier molecular flexibility index (Phi) is 6.03. The van der Waals surface area contributed by atoms with Gasteiger partial charge in [-0.1, -0.05) is 0 Å². The molecule has 1 amide bonds. The highest BCUT2D eigenvalue weighted by molar-refractivity contribution is 5.91. The van der Waals surface area contributed by atoms with Crippen LogP contribution < -0.4 is 16.4 Å². The van der Waals surface area contributed by atoms with Gasteiger partial charge in [-0.25, -0.2) is 9.59 Å². The molecule has 0 aliphatic heterocycles. The predicted octanol–water partition coefficient (Wildman–Crippen LogP) is 1.99. The number of alkyl carbamates (subject to hydrolysis) is 1. The summed E-state index contributed by atoms with van der Waals surface area (Å²) in [5, 5.41) is 5.67. The molecule has 7 heteroatoms. The molecule has 0 aliphatic carbocycles. The zero-order valence-electron chi connectivity index (χ0n) is 13.4. The van der Waals surface area contributed by atoms with E-state index >= 15 is 0 Å². The van der Waals surface area contributed by atoms with Crippen molar-refractivity contribution in [2.45, 2.75) is 26.4 Å². The number of esters is 1. The van der Waals surface area contributed by atoms with Gasteiger partial charge in [0.2, 0.25) is 0 Å². The van der Waals surface area contributed by atoms with E-state index in [9.17, 15) is 9.59 Å². The van der Waals surface area contributed by atoms with Gasteiger partial charge in [0.15, 0.2) is 0 Å². The normalized spacial score (nSPS) is 10.7. The number of amides is 1. The summed E-state index contributed by atoms with van der Waals surface area (Å²) >= 11 is 0. The molecule has 1 rings (SSSR count). The number of hydrogen-bond donors (Lipinski definition) is 3. The topological polar surface area (TPSA) is 103 Å². The van der Waals surface area contributed by atoms with E-state index in [0.717, 1.165) is 0 Å². The molecule has 0 saturated carbocycles. The fraction of sp³-hybridized carbons (Fsp3) is 0.467. The first kappa shape index (κ1) is 17.6. The molecule has 0 unspecified atom stereocenters. The molecule has 1 aromatic carbocycles. The maximum absolute atomic E-state index is 11.5. The Morgan fingerprint density at radius 2 is 1.91 bits per heavy atom. The highest BCUT2D eigenvalue weighted by Gasteiger charge is 2.15. The van der Waals surface area contributed by atoms with Crippen LogP contribution in [-0.4, -0.2) is 37.9 Å². The van der Waals surface area contributed by atoms with Crippen LogP contribution in [-0.2, 0) is 9.47 Å². The maximum atomic E-state index is 11.5. The van der Waals surface area contributed by atoms with Crippen LogP contribution in [0.15, 0.2) is 18.2 Å². The lowest BCUT2D eigenvalue weighted by Gasteiger charge is -2.19. The summed E-state index contributed by atoms with van der Waals surface area (Å²) in [5.74, 6) is -0.435. The lowest BCUT2D eigenvalue weighted by molar-refractivity contribution is 0.0528. The van der Waals surface area contributed by atoms with Crippen LogP contribution in [0.1, 0.15) is 31.1 Å². The third-order valence-electron chi connectivity index (χ3n) is 2.58. The van der Waals surface area contributed by atoms with E-state index in [4.69, 9.17) is 10.5 Å². The Morgan fingerprint density at radius 3 is 2.50 bits per heavy atom. The average Bonchev–Trinajstić information content (AvgIpc) is 2.42. The lowest BCUT2D eigenvalue weighted by Crippen LogP contribution is -2.35. The van der Waals surface area contributed by atoms with Gasteiger partial charge in [0.1, 0.15) is 5.60 Å². The van der Waals surface area contributed by atoms with Crippen LogP contribution in [0.3, 0.4) is 0 Å². The summed E-state index contributed by atoms with van der Waals surface area (Å²) < 4.78 is 9.77. The molecule has 0 heterocycles. The smallest absolute Gasteiger partial charge is 0.407 e. The molecule has 0 aromatic heterocycles. The molecule has 1 aromatic rings. The second-order valence-corrected chi connectivity index (χ2v) is 5.65. The van der Waals surface area contributed by atoms with Crippen molar-refractivity contribution in [2.75, 3.05) is 31.2 Å². The van der Waals surface area contributed by atoms with Gasteiger partial charge in [-0.05, 0) is 39.0 Å². The second kappa shape index (κ2) is 7.53. The fourth-order valence-corrected chi connectivity index (χ4v) is 1.63. The molecule has 0 radical (unpaired) electrons. The van der Waals surface area contributed by atoms with Gasteiger partial charge in [-0.2, -0.15) is 0 Å². The quantitative estimate of drug-likeness (QED) is 0.437. The highest BCUT2D eigenvalue weighted by Crippen LogP contribution is 2.20. The molecule has 0 bridgehead atoms. The monoisotopic (exact) mass is 309 g/mol. The van der Waals surface area contributed by atoms with Crippen LogP contribution in [0, 0.1) is 0 Å². The first-order valence-electron chi connectivity index (χ1n) is 6.91. The van der Waals surface area contributed by atoms with Crippen molar-refractivity contribution in [3.63, 3.8) is 0 Å². The number of anilines is 2. The summed E-state index contributed by atoms with van der Waals surface area (Å²) in [7, 11) is 1.32. The number of nitrogen functional groups attached to an aromatic ring is 1. The number of methoxy groups -OCH3 is 1. The van der Waals surface area contributed by atoms with Gasteiger partial charge in [-0.15, -0.1) is 0 Å². The number of hydrogen-bond acceptors (Lipinski definition) is 6. The summed E-state index contributed by atoms with van der Waals surface area (Å²) in [4.78, 5) is 22.9. The van der Waals surface area contributed by atoms with Gasteiger partial charge in [0.25, 0.3) is 0 Å². The molecule has 0 fully saturated rings. The molecule has 0 spiro atoms. The molecule has 4 N–H and O–H groups in total. The first-order chi connectivity index (χ1) is 10.2. The summed E-state index contributed by atoms with van der Waals surface area (Å²) in [5.41, 5.74) is 6.81. The Morgan fingerprint density at radius 1 is 1.23 bits per heavy atom.